The van der Waals surface area contributed by atoms with E-state index in [1.807, 2.05) is 31.2 Å². The second-order valence-corrected chi connectivity index (χ2v) is 8.05. The van der Waals surface area contributed by atoms with Crippen LogP contribution < -0.4 is 5.32 Å². The SMILES string of the molecule is CC(c1cccc2ccccc12)N(CC1CNCC1Cc1ccccc1)C(=O)O. The van der Waals surface area contributed by atoms with Crippen LogP contribution in [0, 0.1) is 11.8 Å². The van der Waals surface area contributed by atoms with Crippen molar-refractivity contribution in [3.05, 3.63) is 83.9 Å². The number of carbonyl (C=O) groups is 1. The molecule has 0 aliphatic carbocycles. The standard InChI is InChI=1S/C25H28N2O2/c1-18(23-13-7-11-20-10-5-6-12-24(20)23)27(25(28)29)17-22-16-26-15-21(22)14-19-8-3-2-4-9-19/h2-13,18,21-22,26H,14-17H2,1H3,(H,28,29). The highest BCUT2D eigenvalue weighted by Gasteiger charge is 2.32. The summed E-state index contributed by atoms with van der Waals surface area (Å²) in [6, 6.07) is 24.6. The predicted molar refractivity (Wildman–Crippen MR) is 117 cm³/mol. The molecule has 3 aromatic rings. The summed E-state index contributed by atoms with van der Waals surface area (Å²) in [5.74, 6) is 0.753. The number of hydrogen-bond acceptors (Lipinski definition) is 2. The van der Waals surface area contributed by atoms with Crippen LogP contribution in [-0.4, -0.2) is 35.7 Å². The van der Waals surface area contributed by atoms with Gasteiger partial charge in [0.2, 0.25) is 0 Å². The van der Waals surface area contributed by atoms with Gasteiger partial charge in [-0.05, 0) is 60.2 Å². The van der Waals surface area contributed by atoms with Crippen LogP contribution in [0.3, 0.4) is 0 Å². The number of rotatable bonds is 6. The molecule has 4 rings (SSSR count). The molecule has 4 nitrogen and oxygen atoms in total. The summed E-state index contributed by atoms with van der Waals surface area (Å²) in [5.41, 5.74) is 2.38. The van der Waals surface area contributed by atoms with E-state index in [0.717, 1.165) is 35.8 Å². The van der Waals surface area contributed by atoms with Gasteiger partial charge in [-0.2, -0.15) is 0 Å². The first-order valence-electron chi connectivity index (χ1n) is 10.4. The van der Waals surface area contributed by atoms with E-state index in [1.54, 1.807) is 4.90 Å². The van der Waals surface area contributed by atoms with Crippen molar-refractivity contribution in [3.8, 4) is 0 Å². The Morgan fingerprint density at radius 1 is 1.00 bits per heavy atom. The lowest BCUT2D eigenvalue weighted by Gasteiger charge is -2.31. The van der Waals surface area contributed by atoms with Gasteiger partial charge < -0.3 is 15.3 Å². The molecule has 1 aliphatic heterocycles. The molecule has 3 atom stereocenters. The maximum atomic E-state index is 12.2. The molecule has 3 aromatic carbocycles. The molecule has 2 N–H and O–H groups in total. The minimum absolute atomic E-state index is 0.198. The zero-order chi connectivity index (χ0) is 20.2. The fourth-order valence-corrected chi connectivity index (χ4v) is 4.59. The molecule has 1 fully saturated rings. The van der Waals surface area contributed by atoms with Crippen molar-refractivity contribution < 1.29 is 9.90 Å². The maximum absolute atomic E-state index is 12.2. The van der Waals surface area contributed by atoms with Crippen LogP contribution >= 0.6 is 0 Å². The number of benzene rings is 3. The average Bonchev–Trinajstić information content (AvgIpc) is 3.18. The van der Waals surface area contributed by atoms with Gasteiger partial charge >= 0.3 is 6.09 Å². The Labute approximate surface area is 172 Å². The van der Waals surface area contributed by atoms with E-state index < -0.39 is 6.09 Å². The number of amides is 1. The molecule has 150 valence electrons. The van der Waals surface area contributed by atoms with Crippen molar-refractivity contribution in [3.63, 3.8) is 0 Å². The van der Waals surface area contributed by atoms with Crippen molar-refractivity contribution >= 4 is 16.9 Å². The lowest BCUT2D eigenvalue weighted by atomic mass is 9.88. The second-order valence-electron chi connectivity index (χ2n) is 8.05. The highest BCUT2D eigenvalue weighted by molar-refractivity contribution is 5.86. The Hall–Kier alpha value is -2.85. The van der Waals surface area contributed by atoms with Crippen LogP contribution in [0.5, 0.6) is 0 Å². The Kier molecular flexibility index (Phi) is 5.81. The van der Waals surface area contributed by atoms with Gasteiger partial charge in [-0.3, -0.25) is 0 Å². The van der Waals surface area contributed by atoms with Gasteiger partial charge in [-0.1, -0.05) is 72.8 Å². The third kappa shape index (κ3) is 4.28. The van der Waals surface area contributed by atoms with E-state index in [-0.39, 0.29) is 6.04 Å². The van der Waals surface area contributed by atoms with Crippen LogP contribution in [-0.2, 0) is 6.42 Å². The number of hydrogen-bond donors (Lipinski definition) is 2. The van der Waals surface area contributed by atoms with Crippen molar-refractivity contribution in [2.75, 3.05) is 19.6 Å². The van der Waals surface area contributed by atoms with Crippen molar-refractivity contribution in [1.29, 1.82) is 0 Å². The minimum atomic E-state index is -0.851. The van der Waals surface area contributed by atoms with E-state index in [0.29, 0.717) is 18.4 Å². The van der Waals surface area contributed by atoms with E-state index in [1.165, 1.54) is 5.56 Å². The zero-order valence-electron chi connectivity index (χ0n) is 16.8. The van der Waals surface area contributed by atoms with E-state index in [4.69, 9.17) is 0 Å². The highest BCUT2D eigenvalue weighted by atomic mass is 16.4. The molecule has 29 heavy (non-hydrogen) atoms. The first kappa shape index (κ1) is 19.5. The van der Waals surface area contributed by atoms with Crippen LogP contribution in [0.4, 0.5) is 4.79 Å². The van der Waals surface area contributed by atoms with E-state index in [2.05, 4.69) is 53.8 Å². The third-order valence-corrected chi connectivity index (χ3v) is 6.24. The number of nitrogens with zero attached hydrogens (tertiary/aromatic N) is 1. The number of nitrogens with one attached hydrogen (secondary N) is 1. The monoisotopic (exact) mass is 388 g/mol. The van der Waals surface area contributed by atoms with Crippen LogP contribution in [0.1, 0.15) is 24.1 Å². The summed E-state index contributed by atoms with van der Waals surface area (Å²) in [4.78, 5) is 13.8. The van der Waals surface area contributed by atoms with Gasteiger partial charge in [-0.15, -0.1) is 0 Å². The topological polar surface area (TPSA) is 52.6 Å². The zero-order valence-corrected chi connectivity index (χ0v) is 16.8. The van der Waals surface area contributed by atoms with Gasteiger partial charge in [0.25, 0.3) is 0 Å². The summed E-state index contributed by atoms with van der Waals surface area (Å²) in [5, 5.41) is 15.8. The van der Waals surface area contributed by atoms with Crippen molar-refractivity contribution in [1.82, 2.24) is 10.2 Å². The summed E-state index contributed by atoms with van der Waals surface area (Å²) in [7, 11) is 0. The van der Waals surface area contributed by atoms with Crippen LogP contribution in [0.2, 0.25) is 0 Å². The molecule has 0 spiro atoms. The summed E-state index contributed by atoms with van der Waals surface area (Å²) >= 11 is 0. The number of fused-ring (bicyclic) bond motifs is 1. The van der Waals surface area contributed by atoms with Gasteiger partial charge in [0.15, 0.2) is 0 Å². The molecule has 1 saturated heterocycles. The summed E-state index contributed by atoms with van der Waals surface area (Å²) < 4.78 is 0. The summed E-state index contributed by atoms with van der Waals surface area (Å²) in [6.45, 7) is 4.36. The smallest absolute Gasteiger partial charge is 0.407 e. The van der Waals surface area contributed by atoms with Crippen LogP contribution in [0.15, 0.2) is 72.8 Å². The molecule has 3 unspecified atom stereocenters. The van der Waals surface area contributed by atoms with E-state index in [9.17, 15) is 9.90 Å². The molecule has 0 bridgehead atoms. The fourth-order valence-electron chi connectivity index (χ4n) is 4.59. The van der Waals surface area contributed by atoms with Gasteiger partial charge in [0.05, 0.1) is 6.04 Å². The van der Waals surface area contributed by atoms with Gasteiger partial charge in [0.1, 0.15) is 0 Å². The molecular formula is C25H28N2O2. The molecule has 0 aromatic heterocycles. The molecule has 0 radical (unpaired) electrons. The molecule has 0 saturated carbocycles. The summed E-state index contributed by atoms with van der Waals surface area (Å²) in [6.07, 6.45) is 0.130. The first-order chi connectivity index (χ1) is 14.1. The van der Waals surface area contributed by atoms with Gasteiger partial charge in [0, 0.05) is 6.54 Å². The first-order valence-corrected chi connectivity index (χ1v) is 10.4. The third-order valence-electron chi connectivity index (χ3n) is 6.24. The largest absolute Gasteiger partial charge is 0.465 e. The molecule has 4 heteroatoms. The molecular weight excluding hydrogens is 360 g/mol. The molecule has 1 amide bonds. The Balaban J connectivity index is 1.55. The predicted octanol–water partition coefficient (Wildman–Crippen LogP) is 4.96. The fraction of sp³-hybridized carbons (Fsp3) is 0.320. The average molecular weight is 389 g/mol. The maximum Gasteiger partial charge on any atom is 0.407 e. The number of carboxylic acid groups (broad SMARTS) is 1. The van der Waals surface area contributed by atoms with E-state index >= 15 is 0 Å². The lowest BCUT2D eigenvalue weighted by molar-refractivity contribution is 0.115. The quantitative estimate of drug-likeness (QED) is 0.628. The Bertz CT molecular complexity index is 967. The molecule has 1 aliphatic rings. The van der Waals surface area contributed by atoms with Gasteiger partial charge in [-0.25, -0.2) is 4.79 Å². The van der Waals surface area contributed by atoms with Crippen molar-refractivity contribution in [2.45, 2.75) is 19.4 Å². The minimum Gasteiger partial charge on any atom is -0.465 e. The highest BCUT2D eigenvalue weighted by Crippen LogP contribution is 2.31. The second kappa shape index (κ2) is 8.66. The Morgan fingerprint density at radius 3 is 2.48 bits per heavy atom. The van der Waals surface area contributed by atoms with Crippen LogP contribution in [0.25, 0.3) is 10.8 Å². The normalized spacial score (nSPS) is 19.9. The Morgan fingerprint density at radius 2 is 1.69 bits per heavy atom. The molecule has 1 heterocycles. The van der Waals surface area contributed by atoms with Crippen molar-refractivity contribution in [2.24, 2.45) is 11.8 Å². The lowest BCUT2D eigenvalue weighted by Crippen LogP contribution is -2.39.